The fourth-order valence-electron chi connectivity index (χ4n) is 1.29. The number of imidazole rings is 1. The van der Waals surface area contributed by atoms with E-state index in [-0.39, 0.29) is 6.10 Å². The second-order valence-electron chi connectivity index (χ2n) is 3.22. The van der Waals surface area contributed by atoms with Crippen molar-refractivity contribution >= 4 is 11.0 Å². The number of nitrogens with zero attached hydrogens (tertiary/aromatic N) is 1. The maximum Gasteiger partial charge on any atom is 0.147 e. The van der Waals surface area contributed by atoms with E-state index < -0.39 is 0 Å². The largest absolute Gasteiger partial charge is 0.489 e. The monoisotopic (exact) mass is 176 g/mol. The first-order valence-corrected chi connectivity index (χ1v) is 4.36. The molecule has 0 spiro atoms. The molecule has 0 fully saturated rings. The number of fused-ring (bicyclic) bond motifs is 1. The average Bonchev–Trinajstić information content (AvgIpc) is 2.51. The molecule has 0 amide bonds. The van der Waals surface area contributed by atoms with Crippen molar-refractivity contribution in [2.75, 3.05) is 0 Å². The highest BCUT2D eigenvalue weighted by atomic mass is 16.5. The Morgan fingerprint density at radius 2 is 2.23 bits per heavy atom. The first kappa shape index (κ1) is 8.10. The van der Waals surface area contributed by atoms with Crippen LogP contribution in [0.5, 0.6) is 5.75 Å². The Balaban J connectivity index is 2.48. The number of aromatic nitrogens is 2. The summed E-state index contributed by atoms with van der Waals surface area (Å²) in [5.74, 6) is 0.841. The van der Waals surface area contributed by atoms with Gasteiger partial charge >= 0.3 is 0 Å². The molecule has 0 aliphatic carbocycles. The number of para-hydroxylation sites is 1. The summed E-state index contributed by atoms with van der Waals surface area (Å²) >= 11 is 0. The van der Waals surface area contributed by atoms with Crippen molar-refractivity contribution in [1.29, 1.82) is 0 Å². The third-order valence-electron chi connectivity index (χ3n) is 1.78. The van der Waals surface area contributed by atoms with Crippen molar-refractivity contribution < 1.29 is 4.74 Å². The van der Waals surface area contributed by atoms with E-state index in [2.05, 4.69) is 9.97 Å². The van der Waals surface area contributed by atoms with Gasteiger partial charge in [-0.05, 0) is 26.0 Å². The van der Waals surface area contributed by atoms with Gasteiger partial charge in [-0.1, -0.05) is 6.07 Å². The number of ether oxygens (including phenoxy) is 1. The fraction of sp³-hybridized carbons (Fsp3) is 0.300. The first-order valence-electron chi connectivity index (χ1n) is 4.36. The molecule has 13 heavy (non-hydrogen) atoms. The zero-order valence-corrected chi connectivity index (χ0v) is 7.74. The lowest BCUT2D eigenvalue weighted by molar-refractivity contribution is 0.245. The van der Waals surface area contributed by atoms with Crippen LogP contribution in [0.4, 0.5) is 0 Å². The van der Waals surface area contributed by atoms with E-state index in [4.69, 9.17) is 4.74 Å². The zero-order chi connectivity index (χ0) is 9.26. The Labute approximate surface area is 76.8 Å². The number of rotatable bonds is 2. The summed E-state index contributed by atoms with van der Waals surface area (Å²) in [6, 6.07) is 5.87. The van der Waals surface area contributed by atoms with Crippen LogP contribution in [0.3, 0.4) is 0 Å². The molecule has 2 rings (SSSR count). The van der Waals surface area contributed by atoms with E-state index in [0.717, 1.165) is 16.8 Å². The maximum atomic E-state index is 5.60. The van der Waals surface area contributed by atoms with Crippen LogP contribution >= 0.6 is 0 Å². The molecule has 1 N–H and O–H groups in total. The van der Waals surface area contributed by atoms with Crippen LogP contribution in [-0.2, 0) is 0 Å². The molecule has 1 aromatic heterocycles. The van der Waals surface area contributed by atoms with Gasteiger partial charge in [-0.3, -0.25) is 0 Å². The Morgan fingerprint density at radius 3 is 3.00 bits per heavy atom. The standard InChI is InChI=1S/C10H12N2O/c1-7(2)13-9-5-3-4-8-10(9)12-6-11-8/h3-7H,1-2H3,(H,11,12). The number of aromatic amines is 1. The molecule has 0 radical (unpaired) electrons. The van der Waals surface area contributed by atoms with E-state index >= 15 is 0 Å². The Bertz CT molecular complexity index is 406. The highest BCUT2D eigenvalue weighted by molar-refractivity contribution is 5.81. The summed E-state index contributed by atoms with van der Waals surface area (Å²) < 4.78 is 5.60. The Morgan fingerprint density at radius 1 is 1.38 bits per heavy atom. The number of hydrogen-bond acceptors (Lipinski definition) is 2. The molecule has 0 saturated heterocycles. The molecule has 0 aliphatic heterocycles. The fourth-order valence-corrected chi connectivity index (χ4v) is 1.29. The molecule has 3 heteroatoms. The normalized spacial score (nSPS) is 11.0. The van der Waals surface area contributed by atoms with E-state index in [1.807, 2.05) is 32.0 Å². The highest BCUT2D eigenvalue weighted by Crippen LogP contribution is 2.22. The summed E-state index contributed by atoms with van der Waals surface area (Å²) in [5, 5.41) is 0. The SMILES string of the molecule is CC(C)Oc1cccc2[nH]cnc12. The van der Waals surface area contributed by atoms with Crippen LogP contribution in [0.25, 0.3) is 11.0 Å². The van der Waals surface area contributed by atoms with Gasteiger partial charge in [-0.2, -0.15) is 0 Å². The molecular weight excluding hydrogens is 164 g/mol. The van der Waals surface area contributed by atoms with Gasteiger partial charge in [0.15, 0.2) is 0 Å². The smallest absolute Gasteiger partial charge is 0.147 e. The van der Waals surface area contributed by atoms with Crippen LogP contribution < -0.4 is 4.74 Å². The molecule has 0 bridgehead atoms. The zero-order valence-electron chi connectivity index (χ0n) is 7.74. The minimum Gasteiger partial charge on any atom is -0.489 e. The predicted molar refractivity (Wildman–Crippen MR) is 51.9 cm³/mol. The molecule has 0 aliphatic rings. The third-order valence-corrected chi connectivity index (χ3v) is 1.78. The van der Waals surface area contributed by atoms with Crippen LogP contribution in [0.1, 0.15) is 13.8 Å². The van der Waals surface area contributed by atoms with Crippen molar-refractivity contribution in [3.05, 3.63) is 24.5 Å². The van der Waals surface area contributed by atoms with Gasteiger partial charge in [0, 0.05) is 0 Å². The Kier molecular flexibility index (Phi) is 1.93. The number of hydrogen-bond donors (Lipinski definition) is 1. The van der Waals surface area contributed by atoms with Crippen molar-refractivity contribution in [2.24, 2.45) is 0 Å². The van der Waals surface area contributed by atoms with Crippen LogP contribution in [0, 0.1) is 0 Å². The summed E-state index contributed by atoms with van der Waals surface area (Å²) in [5.41, 5.74) is 1.91. The first-order chi connectivity index (χ1) is 6.27. The van der Waals surface area contributed by atoms with Crippen molar-refractivity contribution in [3.63, 3.8) is 0 Å². The van der Waals surface area contributed by atoms with Gasteiger partial charge in [0.1, 0.15) is 11.3 Å². The van der Waals surface area contributed by atoms with Gasteiger partial charge in [0.05, 0.1) is 17.9 Å². The quantitative estimate of drug-likeness (QED) is 0.762. The second kappa shape index (κ2) is 3.09. The average molecular weight is 176 g/mol. The van der Waals surface area contributed by atoms with E-state index in [1.54, 1.807) is 6.33 Å². The summed E-state index contributed by atoms with van der Waals surface area (Å²) in [7, 11) is 0. The van der Waals surface area contributed by atoms with Gasteiger partial charge in [0.25, 0.3) is 0 Å². The molecule has 2 aromatic rings. The molecular formula is C10H12N2O. The molecule has 0 unspecified atom stereocenters. The number of nitrogens with one attached hydrogen (secondary N) is 1. The predicted octanol–water partition coefficient (Wildman–Crippen LogP) is 2.35. The van der Waals surface area contributed by atoms with Gasteiger partial charge in [0.2, 0.25) is 0 Å². The van der Waals surface area contributed by atoms with Crippen molar-refractivity contribution in [2.45, 2.75) is 20.0 Å². The van der Waals surface area contributed by atoms with Gasteiger partial charge in [-0.25, -0.2) is 4.98 Å². The molecule has 1 aromatic carbocycles. The lowest BCUT2D eigenvalue weighted by Gasteiger charge is -2.09. The summed E-state index contributed by atoms with van der Waals surface area (Å²) in [6.07, 6.45) is 1.86. The lowest BCUT2D eigenvalue weighted by atomic mass is 10.3. The van der Waals surface area contributed by atoms with Crippen LogP contribution in [-0.4, -0.2) is 16.1 Å². The van der Waals surface area contributed by atoms with Crippen molar-refractivity contribution in [3.8, 4) is 5.75 Å². The summed E-state index contributed by atoms with van der Waals surface area (Å²) in [4.78, 5) is 7.23. The van der Waals surface area contributed by atoms with Gasteiger partial charge in [-0.15, -0.1) is 0 Å². The summed E-state index contributed by atoms with van der Waals surface area (Å²) in [6.45, 7) is 4.01. The van der Waals surface area contributed by atoms with E-state index in [9.17, 15) is 0 Å². The lowest BCUT2D eigenvalue weighted by Crippen LogP contribution is -2.05. The number of benzene rings is 1. The molecule has 0 saturated carbocycles. The molecule has 1 heterocycles. The third kappa shape index (κ3) is 1.49. The number of H-pyrrole nitrogens is 1. The molecule has 3 nitrogen and oxygen atoms in total. The topological polar surface area (TPSA) is 37.9 Å². The Hall–Kier alpha value is -1.51. The minimum atomic E-state index is 0.183. The van der Waals surface area contributed by atoms with Crippen molar-refractivity contribution in [1.82, 2.24) is 9.97 Å². The second-order valence-corrected chi connectivity index (χ2v) is 3.22. The van der Waals surface area contributed by atoms with E-state index in [1.165, 1.54) is 0 Å². The minimum absolute atomic E-state index is 0.183. The maximum absolute atomic E-state index is 5.60. The molecule has 68 valence electrons. The van der Waals surface area contributed by atoms with E-state index in [0.29, 0.717) is 0 Å². The van der Waals surface area contributed by atoms with Crippen LogP contribution in [0.2, 0.25) is 0 Å². The van der Waals surface area contributed by atoms with Gasteiger partial charge < -0.3 is 9.72 Å². The highest BCUT2D eigenvalue weighted by Gasteiger charge is 2.04. The van der Waals surface area contributed by atoms with Crippen LogP contribution in [0.15, 0.2) is 24.5 Å². The molecule has 0 atom stereocenters.